The van der Waals surface area contributed by atoms with Gasteiger partial charge in [0.25, 0.3) is 0 Å². The maximum atomic E-state index is 4.86. The predicted octanol–water partition coefficient (Wildman–Crippen LogP) is 3.57. The van der Waals surface area contributed by atoms with E-state index in [0.717, 1.165) is 35.5 Å². The molecule has 1 aromatic heterocycles. The van der Waals surface area contributed by atoms with Crippen molar-refractivity contribution in [1.29, 1.82) is 0 Å². The van der Waals surface area contributed by atoms with E-state index in [1.165, 1.54) is 12.8 Å². The van der Waals surface area contributed by atoms with E-state index in [9.17, 15) is 0 Å². The second kappa shape index (κ2) is 5.98. The third-order valence-electron chi connectivity index (χ3n) is 3.94. The van der Waals surface area contributed by atoms with E-state index in [2.05, 4.69) is 49.8 Å². The lowest BCUT2D eigenvalue weighted by atomic mass is 10.1. The largest absolute Gasteiger partial charge is 0.373 e. The highest BCUT2D eigenvalue weighted by Crippen LogP contribution is 2.34. The summed E-state index contributed by atoms with van der Waals surface area (Å²) in [5.74, 6) is 4.19. The van der Waals surface area contributed by atoms with Crippen molar-refractivity contribution in [3.8, 4) is 0 Å². The standard InChI is InChI=1S/C16H28N4/c1-10(2)14-18-15(17-6)12(5)16(19-14)20(11(3)4)9-13-7-8-13/h10-11,13H,7-9H2,1-6H3,(H,17,18,19). The van der Waals surface area contributed by atoms with Crippen molar-refractivity contribution in [2.45, 2.75) is 59.4 Å². The first kappa shape index (κ1) is 15.1. The van der Waals surface area contributed by atoms with Gasteiger partial charge >= 0.3 is 0 Å². The van der Waals surface area contributed by atoms with Gasteiger partial charge in [-0.25, -0.2) is 9.97 Å². The molecule has 0 unspecified atom stereocenters. The molecule has 1 N–H and O–H groups in total. The molecule has 0 amide bonds. The molecule has 1 fully saturated rings. The highest BCUT2D eigenvalue weighted by atomic mass is 15.2. The second-order valence-corrected chi connectivity index (χ2v) is 6.47. The molecule has 0 spiro atoms. The molecular weight excluding hydrogens is 248 g/mol. The second-order valence-electron chi connectivity index (χ2n) is 6.47. The number of rotatable bonds is 6. The van der Waals surface area contributed by atoms with Crippen LogP contribution in [0.3, 0.4) is 0 Å². The van der Waals surface area contributed by atoms with Crippen LogP contribution in [-0.2, 0) is 0 Å². The molecule has 0 saturated heterocycles. The van der Waals surface area contributed by atoms with Crippen LogP contribution >= 0.6 is 0 Å². The number of nitrogens with one attached hydrogen (secondary N) is 1. The number of hydrogen-bond donors (Lipinski definition) is 1. The topological polar surface area (TPSA) is 41.1 Å². The lowest BCUT2D eigenvalue weighted by Crippen LogP contribution is -2.34. The van der Waals surface area contributed by atoms with Gasteiger partial charge in [0.15, 0.2) is 0 Å². The molecule has 1 aliphatic rings. The molecule has 0 aliphatic heterocycles. The van der Waals surface area contributed by atoms with E-state index in [4.69, 9.17) is 4.98 Å². The fourth-order valence-electron chi connectivity index (χ4n) is 2.42. The van der Waals surface area contributed by atoms with E-state index in [-0.39, 0.29) is 0 Å². The van der Waals surface area contributed by atoms with Gasteiger partial charge in [-0.1, -0.05) is 13.8 Å². The SMILES string of the molecule is CNc1nc(C(C)C)nc(N(CC2CC2)C(C)C)c1C. The molecule has 1 aliphatic carbocycles. The van der Waals surface area contributed by atoms with Crippen LogP contribution in [0.2, 0.25) is 0 Å². The molecule has 0 aromatic carbocycles. The van der Waals surface area contributed by atoms with Crippen molar-refractivity contribution in [3.05, 3.63) is 11.4 Å². The van der Waals surface area contributed by atoms with Crippen molar-refractivity contribution in [2.75, 3.05) is 23.8 Å². The van der Waals surface area contributed by atoms with Gasteiger partial charge in [-0.2, -0.15) is 0 Å². The third kappa shape index (κ3) is 3.22. The van der Waals surface area contributed by atoms with Crippen molar-refractivity contribution < 1.29 is 0 Å². The third-order valence-corrected chi connectivity index (χ3v) is 3.94. The van der Waals surface area contributed by atoms with Gasteiger partial charge in [0, 0.05) is 31.1 Å². The minimum atomic E-state index is 0.344. The van der Waals surface area contributed by atoms with E-state index >= 15 is 0 Å². The normalized spacial score (nSPS) is 15.0. The summed E-state index contributed by atoms with van der Waals surface area (Å²) < 4.78 is 0. The maximum absolute atomic E-state index is 4.86. The number of nitrogens with zero attached hydrogens (tertiary/aromatic N) is 3. The Morgan fingerprint density at radius 2 is 1.85 bits per heavy atom. The maximum Gasteiger partial charge on any atom is 0.137 e. The molecule has 0 atom stereocenters. The molecular formula is C16H28N4. The lowest BCUT2D eigenvalue weighted by Gasteiger charge is -2.30. The fourth-order valence-corrected chi connectivity index (χ4v) is 2.42. The summed E-state index contributed by atoms with van der Waals surface area (Å²) in [4.78, 5) is 11.9. The van der Waals surface area contributed by atoms with Gasteiger partial charge in [0.2, 0.25) is 0 Å². The van der Waals surface area contributed by atoms with Crippen molar-refractivity contribution in [1.82, 2.24) is 9.97 Å². The molecule has 4 heteroatoms. The summed E-state index contributed by atoms with van der Waals surface area (Å²) in [5.41, 5.74) is 1.16. The highest BCUT2D eigenvalue weighted by Gasteiger charge is 2.28. The zero-order chi connectivity index (χ0) is 14.9. The van der Waals surface area contributed by atoms with Crippen LogP contribution in [0.4, 0.5) is 11.6 Å². The zero-order valence-corrected chi connectivity index (χ0v) is 13.7. The minimum absolute atomic E-state index is 0.344. The van der Waals surface area contributed by atoms with Gasteiger partial charge in [-0.05, 0) is 39.5 Å². The van der Waals surface area contributed by atoms with Crippen LogP contribution in [0.25, 0.3) is 0 Å². The van der Waals surface area contributed by atoms with E-state index in [1.807, 2.05) is 7.05 Å². The van der Waals surface area contributed by atoms with Crippen LogP contribution in [0.15, 0.2) is 0 Å². The Morgan fingerprint density at radius 3 is 2.30 bits per heavy atom. The summed E-state index contributed by atoms with van der Waals surface area (Å²) >= 11 is 0. The number of anilines is 2. The summed E-state index contributed by atoms with van der Waals surface area (Å²) in [6, 6.07) is 0.467. The molecule has 112 valence electrons. The first-order valence-corrected chi connectivity index (χ1v) is 7.77. The van der Waals surface area contributed by atoms with Gasteiger partial charge in [-0.15, -0.1) is 0 Å². The molecule has 0 radical (unpaired) electrons. The van der Waals surface area contributed by atoms with Crippen LogP contribution in [0, 0.1) is 12.8 Å². The van der Waals surface area contributed by atoms with Crippen LogP contribution in [0.1, 0.15) is 57.8 Å². The summed E-state index contributed by atoms with van der Waals surface area (Å²) in [7, 11) is 1.93. The average molecular weight is 276 g/mol. The summed E-state index contributed by atoms with van der Waals surface area (Å²) in [6.07, 6.45) is 2.73. The molecule has 1 heterocycles. The summed E-state index contributed by atoms with van der Waals surface area (Å²) in [6.45, 7) is 12.0. The molecule has 20 heavy (non-hydrogen) atoms. The first-order chi connectivity index (χ1) is 9.43. The predicted molar refractivity (Wildman–Crippen MR) is 85.6 cm³/mol. The first-order valence-electron chi connectivity index (χ1n) is 7.77. The molecule has 0 bridgehead atoms. The van der Waals surface area contributed by atoms with Crippen LogP contribution in [-0.4, -0.2) is 29.6 Å². The van der Waals surface area contributed by atoms with Gasteiger partial charge in [0.05, 0.1) is 0 Å². The number of hydrogen-bond acceptors (Lipinski definition) is 4. The quantitative estimate of drug-likeness (QED) is 0.862. The molecule has 4 nitrogen and oxygen atoms in total. The number of aromatic nitrogens is 2. The Bertz CT molecular complexity index is 464. The monoisotopic (exact) mass is 276 g/mol. The van der Waals surface area contributed by atoms with Crippen molar-refractivity contribution in [2.24, 2.45) is 5.92 Å². The zero-order valence-electron chi connectivity index (χ0n) is 13.7. The Labute approximate surface area is 123 Å². The van der Waals surface area contributed by atoms with Crippen molar-refractivity contribution in [3.63, 3.8) is 0 Å². The van der Waals surface area contributed by atoms with Crippen molar-refractivity contribution >= 4 is 11.6 Å². The highest BCUT2D eigenvalue weighted by molar-refractivity contribution is 5.59. The Kier molecular flexibility index (Phi) is 4.51. The van der Waals surface area contributed by atoms with Gasteiger partial charge in [-0.3, -0.25) is 0 Å². The van der Waals surface area contributed by atoms with Crippen LogP contribution < -0.4 is 10.2 Å². The van der Waals surface area contributed by atoms with Gasteiger partial charge < -0.3 is 10.2 Å². The Hall–Kier alpha value is -1.32. The van der Waals surface area contributed by atoms with Gasteiger partial charge in [0.1, 0.15) is 17.5 Å². The summed E-state index contributed by atoms with van der Waals surface area (Å²) in [5, 5.41) is 3.22. The van der Waals surface area contributed by atoms with Crippen LogP contribution in [0.5, 0.6) is 0 Å². The Balaban J connectivity index is 2.42. The van der Waals surface area contributed by atoms with E-state index in [1.54, 1.807) is 0 Å². The smallest absolute Gasteiger partial charge is 0.137 e. The lowest BCUT2D eigenvalue weighted by molar-refractivity contribution is 0.628. The van der Waals surface area contributed by atoms with E-state index < -0.39 is 0 Å². The molecule has 1 saturated carbocycles. The molecule has 1 aromatic rings. The minimum Gasteiger partial charge on any atom is -0.373 e. The molecule has 2 rings (SSSR count). The Morgan fingerprint density at radius 1 is 1.20 bits per heavy atom. The fraction of sp³-hybridized carbons (Fsp3) is 0.750. The average Bonchev–Trinajstić information content (AvgIpc) is 3.20. The van der Waals surface area contributed by atoms with E-state index in [0.29, 0.717) is 12.0 Å².